The van der Waals surface area contributed by atoms with Crippen LogP contribution in [0.3, 0.4) is 0 Å². The first-order valence-corrected chi connectivity index (χ1v) is 11.4. The van der Waals surface area contributed by atoms with Gasteiger partial charge in [0.15, 0.2) is 0 Å². The Labute approximate surface area is 187 Å². The summed E-state index contributed by atoms with van der Waals surface area (Å²) >= 11 is 6.08. The summed E-state index contributed by atoms with van der Waals surface area (Å²) in [6.07, 6.45) is 1.72. The molecule has 0 amide bonds. The molecule has 31 heavy (non-hydrogen) atoms. The zero-order valence-electron chi connectivity index (χ0n) is 17.6. The highest BCUT2D eigenvalue weighted by atomic mass is 35.5. The lowest BCUT2D eigenvalue weighted by atomic mass is 9.64. The highest BCUT2D eigenvalue weighted by Gasteiger charge is 2.40. The summed E-state index contributed by atoms with van der Waals surface area (Å²) in [4.78, 5) is 2.57. The molecule has 168 valence electrons. The van der Waals surface area contributed by atoms with E-state index in [1.54, 1.807) is 0 Å². The number of hydrogen-bond acceptors (Lipinski definition) is 2. The number of benzene rings is 2. The fourth-order valence-electron chi connectivity index (χ4n) is 4.94. The number of likely N-dealkylation sites (tertiary alicyclic amines) is 1. The SMILES string of the molecule is FC(F)(F)c1ccc(COC[C@@H]2CCCN(CC3(c4ccc(Cl)cc4)CCC3)C2)cc1. The van der Waals surface area contributed by atoms with Gasteiger partial charge >= 0.3 is 6.18 Å². The summed E-state index contributed by atoms with van der Waals surface area (Å²) in [6.45, 7) is 4.20. The van der Waals surface area contributed by atoms with E-state index in [2.05, 4.69) is 17.0 Å². The molecule has 6 heteroatoms. The molecule has 2 aliphatic rings. The second kappa shape index (κ2) is 9.51. The fraction of sp³-hybridized carbons (Fsp3) is 0.520. The standard InChI is InChI=1S/C25H29ClF3NO/c26-23-10-8-21(9-11-23)24(12-2-13-24)18-30-14-1-3-20(15-30)17-31-16-19-4-6-22(7-5-19)25(27,28)29/h4-11,20H,1-3,12-18H2/t20-/m1/s1. The Kier molecular flexibility index (Phi) is 6.95. The molecule has 0 spiro atoms. The van der Waals surface area contributed by atoms with E-state index in [4.69, 9.17) is 16.3 Å². The normalized spacial score (nSPS) is 21.6. The van der Waals surface area contributed by atoms with Gasteiger partial charge in [-0.15, -0.1) is 0 Å². The van der Waals surface area contributed by atoms with Gasteiger partial charge in [0, 0.05) is 23.5 Å². The first-order valence-electron chi connectivity index (χ1n) is 11.1. The van der Waals surface area contributed by atoms with Crippen molar-refractivity contribution in [1.82, 2.24) is 4.90 Å². The maximum Gasteiger partial charge on any atom is 0.416 e. The van der Waals surface area contributed by atoms with Crippen molar-refractivity contribution in [2.24, 2.45) is 5.92 Å². The van der Waals surface area contributed by atoms with Crippen molar-refractivity contribution in [1.29, 1.82) is 0 Å². The predicted octanol–water partition coefficient (Wildman–Crippen LogP) is 6.71. The second-order valence-electron chi connectivity index (χ2n) is 9.09. The van der Waals surface area contributed by atoms with Crippen molar-refractivity contribution in [3.05, 3.63) is 70.2 Å². The topological polar surface area (TPSA) is 12.5 Å². The molecular weight excluding hydrogens is 423 g/mol. The molecule has 0 unspecified atom stereocenters. The van der Waals surface area contributed by atoms with Crippen LogP contribution in [-0.4, -0.2) is 31.1 Å². The molecule has 0 aromatic heterocycles. The molecule has 0 N–H and O–H groups in total. The van der Waals surface area contributed by atoms with E-state index in [1.165, 1.54) is 37.0 Å². The van der Waals surface area contributed by atoms with Crippen molar-refractivity contribution in [2.75, 3.05) is 26.2 Å². The average Bonchev–Trinajstić information content (AvgIpc) is 2.72. The lowest BCUT2D eigenvalue weighted by molar-refractivity contribution is -0.137. The molecule has 1 saturated heterocycles. The van der Waals surface area contributed by atoms with Gasteiger partial charge in [0.05, 0.1) is 18.8 Å². The zero-order valence-corrected chi connectivity index (χ0v) is 18.4. The monoisotopic (exact) mass is 451 g/mol. The number of alkyl halides is 3. The van der Waals surface area contributed by atoms with Crippen LogP contribution in [0.1, 0.15) is 48.8 Å². The van der Waals surface area contributed by atoms with E-state index in [1.807, 2.05) is 12.1 Å². The van der Waals surface area contributed by atoms with Gasteiger partial charge in [0.25, 0.3) is 0 Å². The zero-order chi connectivity index (χ0) is 21.9. The third-order valence-electron chi connectivity index (χ3n) is 6.80. The van der Waals surface area contributed by atoms with Gasteiger partial charge in [-0.05, 0) is 73.5 Å². The molecular formula is C25H29ClF3NO. The molecule has 1 heterocycles. The fourth-order valence-corrected chi connectivity index (χ4v) is 5.06. The first kappa shape index (κ1) is 22.6. The molecule has 4 rings (SSSR count). The second-order valence-corrected chi connectivity index (χ2v) is 9.53. The molecule has 0 bridgehead atoms. The van der Waals surface area contributed by atoms with Crippen LogP contribution in [-0.2, 0) is 22.9 Å². The van der Waals surface area contributed by atoms with Gasteiger partial charge in [-0.3, -0.25) is 0 Å². The maximum atomic E-state index is 12.7. The van der Waals surface area contributed by atoms with Crippen LogP contribution >= 0.6 is 11.6 Å². The van der Waals surface area contributed by atoms with E-state index in [0.29, 0.717) is 19.1 Å². The Hall–Kier alpha value is -1.56. The number of hydrogen-bond donors (Lipinski definition) is 0. The Balaban J connectivity index is 1.27. The number of ether oxygens (including phenoxy) is 1. The Morgan fingerprint density at radius 1 is 1.00 bits per heavy atom. The third-order valence-corrected chi connectivity index (χ3v) is 7.05. The van der Waals surface area contributed by atoms with Crippen molar-refractivity contribution in [2.45, 2.75) is 50.3 Å². The van der Waals surface area contributed by atoms with Gasteiger partial charge in [-0.2, -0.15) is 13.2 Å². The lowest BCUT2D eigenvalue weighted by Crippen LogP contribution is -2.49. The minimum atomic E-state index is -4.30. The maximum absolute atomic E-state index is 12.7. The van der Waals surface area contributed by atoms with Crippen LogP contribution in [0.15, 0.2) is 48.5 Å². The summed E-state index contributed by atoms with van der Waals surface area (Å²) in [7, 11) is 0. The average molecular weight is 452 g/mol. The molecule has 2 fully saturated rings. The highest BCUT2D eigenvalue weighted by molar-refractivity contribution is 6.30. The van der Waals surface area contributed by atoms with Crippen LogP contribution in [0.5, 0.6) is 0 Å². The number of halogens is 4. The smallest absolute Gasteiger partial charge is 0.376 e. The predicted molar refractivity (Wildman–Crippen MR) is 117 cm³/mol. The minimum absolute atomic E-state index is 0.244. The Bertz CT molecular complexity index is 847. The molecule has 1 aliphatic carbocycles. The third kappa shape index (κ3) is 5.63. The molecule has 2 aromatic rings. The van der Waals surface area contributed by atoms with Crippen LogP contribution in [0, 0.1) is 5.92 Å². The lowest BCUT2D eigenvalue weighted by Gasteiger charge is -2.47. The first-order chi connectivity index (χ1) is 14.8. The quantitative estimate of drug-likeness (QED) is 0.464. The number of piperidine rings is 1. The van der Waals surface area contributed by atoms with Gasteiger partial charge in [0.1, 0.15) is 0 Å². The van der Waals surface area contributed by atoms with Gasteiger partial charge < -0.3 is 9.64 Å². The van der Waals surface area contributed by atoms with Crippen molar-refractivity contribution in [3.63, 3.8) is 0 Å². The largest absolute Gasteiger partial charge is 0.416 e. The highest BCUT2D eigenvalue weighted by Crippen LogP contribution is 2.45. The van der Waals surface area contributed by atoms with Gasteiger partial charge in [-0.1, -0.05) is 42.3 Å². The molecule has 0 radical (unpaired) electrons. The molecule has 1 saturated carbocycles. The Morgan fingerprint density at radius 2 is 1.71 bits per heavy atom. The van der Waals surface area contributed by atoms with E-state index >= 15 is 0 Å². The molecule has 2 aromatic carbocycles. The van der Waals surface area contributed by atoms with Crippen LogP contribution in [0.4, 0.5) is 13.2 Å². The van der Waals surface area contributed by atoms with Gasteiger partial charge in [0.2, 0.25) is 0 Å². The summed E-state index contributed by atoms with van der Waals surface area (Å²) < 4.78 is 43.9. The number of rotatable bonds is 7. The minimum Gasteiger partial charge on any atom is -0.376 e. The van der Waals surface area contributed by atoms with Crippen LogP contribution in [0.2, 0.25) is 5.02 Å². The van der Waals surface area contributed by atoms with Crippen LogP contribution < -0.4 is 0 Å². The summed E-state index contributed by atoms with van der Waals surface area (Å²) in [5.74, 6) is 0.463. The van der Waals surface area contributed by atoms with Crippen molar-refractivity contribution < 1.29 is 17.9 Å². The van der Waals surface area contributed by atoms with Crippen molar-refractivity contribution >= 4 is 11.6 Å². The van der Waals surface area contributed by atoms with Gasteiger partial charge in [-0.25, -0.2) is 0 Å². The van der Waals surface area contributed by atoms with E-state index in [-0.39, 0.29) is 5.41 Å². The Morgan fingerprint density at radius 3 is 2.32 bits per heavy atom. The summed E-state index contributed by atoms with van der Waals surface area (Å²) in [5, 5.41) is 0.779. The van der Waals surface area contributed by atoms with E-state index in [0.717, 1.165) is 55.2 Å². The van der Waals surface area contributed by atoms with Crippen molar-refractivity contribution in [3.8, 4) is 0 Å². The van der Waals surface area contributed by atoms with Crippen LogP contribution in [0.25, 0.3) is 0 Å². The summed E-state index contributed by atoms with van der Waals surface area (Å²) in [6, 6.07) is 13.6. The number of nitrogens with zero attached hydrogens (tertiary/aromatic N) is 1. The molecule has 1 aliphatic heterocycles. The van der Waals surface area contributed by atoms with E-state index < -0.39 is 11.7 Å². The molecule has 1 atom stereocenters. The summed E-state index contributed by atoms with van der Waals surface area (Å²) in [5.41, 5.74) is 1.79. The van der Waals surface area contributed by atoms with E-state index in [9.17, 15) is 13.2 Å². The molecule has 2 nitrogen and oxygen atoms in total.